The SMILES string of the molecule is CC(C)c1nnc(CNC2CC2)o1. The fourth-order valence-corrected chi connectivity index (χ4v) is 1.09. The minimum Gasteiger partial charge on any atom is -0.424 e. The molecule has 0 bridgehead atoms. The second kappa shape index (κ2) is 3.46. The summed E-state index contributed by atoms with van der Waals surface area (Å²) >= 11 is 0. The van der Waals surface area contributed by atoms with Gasteiger partial charge in [-0.3, -0.25) is 0 Å². The van der Waals surface area contributed by atoms with Crippen molar-refractivity contribution in [2.75, 3.05) is 0 Å². The van der Waals surface area contributed by atoms with Crippen molar-refractivity contribution < 1.29 is 4.42 Å². The Morgan fingerprint density at radius 2 is 2.23 bits per heavy atom. The van der Waals surface area contributed by atoms with E-state index in [1.807, 2.05) is 13.8 Å². The van der Waals surface area contributed by atoms with Crippen LogP contribution >= 0.6 is 0 Å². The second-order valence-corrected chi connectivity index (χ2v) is 3.84. The Kier molecular flexibility index (Phi) is 2.31. The molecule has 13 heavy (non-hydrogen) atoms. The van der Waals surface area contributed by atoms with E-state index in [1.165, 1.54) is 12.8 Å². The molecular weight excluding hydrogens is 166 g/mol. The quantitative estimate of drug-likeness (QED) is 0.763. The predicted molar refractivity (Wildman–Crippen MR) is 48.2 cm³/mol. The number of hydrogen-bond donors (Lipinski definition) is 1. The first-order chi connectivity index (χ1) is 6.25. The van der Waals surface area contributed by atoms with E-state index in [-0.39, 0.29) is 0 Å². The predicted octanol–water partition coefficient (Wildman–Crippen LogP) is 1.45. The molecular formula is C9H15N3O. The van der Waals surface area contributed by atoms with Gasteiger partial charge in [0.05, 0.1) is 6.54 Å². The average molecular weight is 181 g/mol. The first-order valence-corrected chi connectivity index (χ1v) is 4.81. The Balaban J connectivity index is 1.88. The van der Waals surface area contributed by atoms with E-state index in [0.717, 1.165) is 5.89 Å². The van der Waals surface area contributed by atoms with Gasteiger partial charge in [-0.2, -0.15) is 0 Å². The van der Waals surface area contributed by atoms with Crippen molar-refractivity contribution in [1.82, 2.24) is 15.5 Å². The van der Waals surface area contributed by atoms with Gasteiger partial charge in [0, 0.05) is 12.0 Å². The van der Waals surface area contributed by atoms with Crippen molar-refractivity contribution in [1.29, 1.82) is 0 Å². The highest BCUT2D eigenvalue weighted by molar-refractivity contribution is 4.89. The molecule has 1 aromatic rings. The third-order valence-corrected chi connectivity index (χ3v) is 2.10. The molecule has 1 aliphatic carbocycles. The zero-order valence-corrected chi connectivity index (χ0v) is 8.08. The lowest BCUT2D eigenvalue weighted by Gasteiger charge is -1.96. The van der Waals surface area contributed by atoms with Crippen molar-refractivity contribution in [3.8, 4) is 0 Å². The minimum atomic E-state index is 0.321. The maximum atomic E-state index is 5.44. The van der Waals surface area contributed by atoms with Crippen LogP contribution < -0.4 is 5.32 Å². The van der Waals surface area contributed by atoms with Gasteiger partial charge in [0.25, 0.3) is 0 Å². The maximum absolute atomic E-state index is 5.44. The largest absolute Gasteiger partial charge is 0.424 e. The fourth-order valence-electron chi connectivity index (χ4n) is 1.09. The number of aromatic nitrogens is 2. The van der Waals surface area contributed by atoms with Gasteiger partial charge in [-0.05, 0) is 12.8 Å². The van der Waals surface area contributed by atoms with E-state index in [0.29, 0.717) is 24.4 Å². The summed E-state index contributed by atoms with van der Waals surface area (Å²) in [5, 5.41) is 11.2. The van der Waals surface area contributed by atoms with E-state index >= 15 is 0 Å². The van der Waals surface area contributed by atoms with Crippen LogP contribution in [0.4, 0.5) is 0 Å². The Morgan fingerprint density at radius 1 is 1.46 bits per heavy atom. The molecule has 0 amide bonds. The van der Waals surface area contributed by atoms with Crippen LogP contribution in [0, 0.1) is 0 Å². The summed E-state index contributed by atoms with van der Waals surface area (Å²) < 4.78 is 5.44. The smallest absolute Gasteiger partial charge is 0.230 e. The molecule has 0 unspecified atom stereocenters. The van der Waals surface area contributed by atoms with Gasteiger partial charge in [-0.1, -0.05) is 13.8 Å². The van der Waals surface area contributed by atoms with E-state index in [4.69, 9.17) is 4.42 Å². The molecule has 0 radical (unpaired) electrons. The van der Waals surface area contributed by atoms with Crippen LogP contribution in [0.25, 0.3) is 0 Å². The van der Waals surface area contributed by atoms with Gasteiger partial charge in [0.1, 0.15) is 0 Å². The number of rotatable bonds is 4. The van der Waals surface area contributed by atoms with Gasteiger partial charge < -0.3 is 9.73 Å². The van der Waals surface area contributed by atoms with E-state index in [2.05, 4.69) is 15.5 Å². The van der Waals surface area contributed by atoms with E-state index in [1.54, 1.807) is 0 Å². The molecule has 0 saturated heterocycles. The van der Waals surface area contributed by atoms with Crippen LogP contribution in [0.1, 0.15) is 44.4 Å². The first-order valence-electron chi connectivity index (χ1n) is 4.81. The molecule has 4 nitrogen and oxygen atoms in total. The van der Waals surface area contributed by atoms with Crippen molar-refractivity contribution in [3.05, 3.63) is 11.8 Å². The molecule has 1 aliphatic rings. The van der Waals surface area contributed by atoms with E-state index < -0.39 is 0 Å². The van der Waals surface area contributed by atoms with Gasteiger partial charge in [-0.15, -0.1) is 10.2 Å². The number of hydrogen-bond acceptors (Lipinski definition) is 4. The molecule has 0 atom stereocenters. The van der Waals surface area contributed by atoms with Gasteiger partial charge in [0.2, 0.25) is 11.8 Å². The summed E-state index contributed by atoms with van der Waals surface area (Å²) in [5.74, 6) is 1.75. The third-order valence-electron chi connectivity index (χ3n) is 2.10. The normalized spacial score (nSPS) is 16.8. The van der Waals surface area contributed by atoms with Crippen molar-refractivity contribution in [3.63, 3.8) is 0 Å². The Morgan fingerprint density at radius 3 is 2.77 bits per heavy atom. The lowest BCUT2D eigenvalue weighted by molar-refractivity contribution is 0.417. The standard InChI is InChI=1S/C9H15N3O/c1-6(2)9-12-11-8(13-9)5-10-7-3-4-7/h6-7,10H,3-5H2,1-2H3. The van der Waals surface area contributed by atoms with Crippen LogP contribution in [0.3, 0.4) is 0 Å². The topological polar surface area (TPSA) is 51.0 Å². The Labute approximate surface area is 77.7 Å². The van der Waals surface area contributed by atoms with Crippen LogP contribution in [-0.4, -0.2) is 16.2 Å². The Hall–Kier alpha value is -0.900. The molecule has 1 saturated carbocycles. The molecule has 72 valence electrons. The third kappa shape index (κ3) is 2.28. The highest BCUT2D eigenvalue weighted by atomic mass is 16.4. The lowest BCUT2D eigenvalue weighted by Crippen LogP contribution is -2.15. The Bertz CT molecular complexity index is 278. The molecule has 0 aliphatic heterocycles. The molecule has 1 N–H and O–H groups in total. The summed E-state index contributed by atoms with van der Waals surface area (Å²) in [6, 6.07) is 0.689. The minimum absolute atomic E-state index is 0.321. The summed E-state index contributed by atoms with van der Waals surface area (Å²) in [6.07, 6.45) is 2.57. The van der Waals surface area contributed by atoms with Crippen LogP contribution in [0.5, 0.6) is 0 Å². The van der Waals surface area contributed by atoms with Crippen LogP contribution in [0.15, 0.2) is 4.42 Å². The zero-order valence-electron chi connectivity index (χ0n) is 8.08. The molecule has 1 fully saturated rings. The number of nitrogens with one attached hydrogen (secondary N) is 1. The van der Waals surface area contributed by atoms with E-state index in [9.17, 15) is 0 Å². The molecule has 4 heteroatoms. The molecule has 1 heterocycles. The van der Waals surface area contributed by atoms with Crippen molar-refractivity contribution >= 4 is 0 Å². The van der Waals surface area contributed by atoms with Crippen LogP contribution in [0.2, 0.25) is 0 Å². The second-order valence-electron chi connectivity index (χ2n) is 3.84. The lowest BCUT2D eigenvalue weighted by atomic mass is 10.2. The highest BCUT2D eigenvalue weighted by Crippen LogP contribution is 2.19. The summed E-state index contributed by atoms with van der Waals surface area (Å²) in [6.45, 7) is 4.81. The average Bonchev–Trinajstić information content (AvgIpc) is 2.79. The molecule has 2 rings (SSSR count). The highest BCUT2D eigenvalue weighted by Gasteiger charge is 2.21. The van der Waals surface area contributed by atoms with Crippen molar-refractivity contribution in [2.24, 2.45) is 0 Å². The monoisotopic (exact) mass is 181 g/mol. The van der Waals surface area contributed by atoms with Crippen LogP contribution in [-0.2, 0) is 6.54 Å². The number of nitrogens with zero attached hydrogens (tertiary/aromatic N) is 2. The van der Waals surface area contributed by atoms with Crippen molar-refractivity contribution in [2.45, 2.75) is 45.2 Å². The van der Waals surface area contributed by atoms with Gasteiger partial charge in [-0.25, -0.2) is 0 Å². The molecule has 0 aromatic carbocycles. The van der Waals surface area contributed by atoms with Gasteiger partial charge in [0.15, 0.2) is 0 Å². The summed E-state index contributed by atoms with van der Waals surface area (Å²) in [5.41, 5.74) is 0. The summed E-state index contributed by atoms with van der Waals surface area (Å²) in [4.78, 5) is 0. The molecule has 1 aromatic heterocycles. The summed E-state index contributed by atoms with van der Waals surface area (Å²) in [7, 11) is 0. The maximum Gasteiger partial charge on any atom is 0.230 e. The molecule has 0 spiro atoms. The first kappa shape index (κ1) is 8.69. The fraction of sp³-hybridized carbons (Fsp3) is 0.778. The van der Waals surface area contributed by atoms with Gasteiger partial charge >= 0.3 is 0 Å². The zero-order chi connectivity index (χ0) is 9.26.